The average Bonchev–Trinajstić information content (AvgIpc) is 3.17. The van der Waals surface area contributed by atoms with Crippen LogP contribution >= 0.6 is 0 Å². The first-order valence-corrected chi connectivity index (χ1v) is 11.4. The van der Waals surface area contributed by atoms with E-state index in [0.717, 1.165) is 0 Å². The van der Waals surface area contributed by atoms with Crippen LogP contribution < -0.4 is 0 Å². The van der Waals surface area contributed by atoms with E-state index in [0.29, 0.717) is 32.7 Å². The average molecular weight is 559 g/mol. The smallest absolute Gasteiger partial charge is 0.408 e. The van der Waals surface area contributed by atoms with Gasteiger partial charge in [-0.3, -0.25) is 0 Å². The third kappa shape index (κ3) is 6.04. The Balaban J connectivity index is 1.91. The summed E-state index contributed by atoms with van der Waals surface area (Å²) in [7, 11) is -1.32. The molecule has 2 radical (unpaired) electrons. The number of halogens is 13. The van der Waals surface area contributed by atoms with Crippen molar-refractivity contribution in [3.8, 4) is 0 Å². The number of hydrogen-bond acceptors (Lipinski definition) is 4. The number of alkyl halides is 13. The number of morpholine rings is 1. The molecule has 0 aliphatic carbocycles. The second kappa shape index (κ2) is 10.5. The predicted octanol–water partition coefficient (Wildman–Crippen LogP) is 4.43. The fraction of sp³-hybridized carbons (Fsp3) is 1.00. The summed E-state index contributed by atoms with van der Waals surface area (Å²) in [5.41, 5.74) is 0. The molecule has 0 amide bonds. The van der Waals surface area contributed by atoms with Crippen LogP contribution in [0.4, 0.5) is 57.1 Å². The van der Waals surface area contributed by atoms with Crippen molar-refractivity contribution in [1.29, 1.82) is 0 Å². The largest absolute Gasteiger partial charge is 0.472 e. The van der Waals surface area contributed by atoms with Crippen molar-refractivity contribution in [3.05, 3.63) is 0 Å². The van der Waals surface area contributed by atoms with Crippen molar-refractivity contribution < 1.29 is 71.1 Å². The summed E-state index contributed by atoms with van der Waals surface area (Å²) in [6.07, 6.45) is -9.88. The summed E-state index contributed by atoms with van der Waals surface area (Å²) >= 11 is 0. The van der Waals surface area contributed by atoms with E-state index in [2.05, 4.69) is 0 Å². The molecule has 2 aliphatic heterocycles. The Hall–Kier alpha value is -0.788. The van der Waals surface area contributed by atoms with Crippen molar-refractivity contribution in [2.75, 3.05) is 39.4 Å². The highest BCUT2D eigenvalue weighted by molar-refractivity contribution is 6.45. The van der Waals surface area contributed by atoms with E-state index in [-0.39, 0.29) is 12.7 Å². The molecule has 0 aromatic heterocycles. The molecule has 4 nitrogen and oxygen atoms in total. The molecule has 0 N–H and O–H groups in total. The predicted molar refractivity (Wildman–Crippen MR) is 94.6 cm³/mol. The van der Waals surface area contributed by atoms with Gasteiger partial charge < -0.3 is 18.9 Å². The maximum Gasteiger partial charge on any atom is 0.472 e. The second-order valence-corrected chi connectivity index (χ2v) is 9.30. The Morgan fingerprint density at radius 1 is 0.771 bits per heavy atom. The standard InChI is InChI=1S/C16H19BF13NO3Si/c18-11(19,12(20,21)13(22,23)14(24,25)15(26,27)16(28,29)30)1-6-35-8-10-7-33-17(34-10)9-31-2-4-32-5-3-31/h10H,1-9H2. The van der Waals surface area contributed by atoms with Gasteiger partial charge in [0.25, 0.3) is 0 Å². The summed E-state index contributed by atoms with van der Waals surface area (Å²) in [4.78, 5) is 1.96. The van der Waals surface area contributed by atoms with Crippen molar-refractivity contribution >= 4 is 16.6 Å². The van der Waals surface area contributed by atoms with E-state index in [9.17, 15) is 57.1 Å². The normalized spacial score (nSPS) is 22.2. The van der Waals surface area contributed by atoms with Gasteiger partial charge in [0.2, 0.25) is 0 Å². The molecule has 35 heavy (non-hydrogen) atoms. The quantitative estimate of drug-likeness (QED) is 0.213. The third-order valence-corrected chi connectivity index (χ3v) is 6.66. The van der Waals surface area contributed by atoms with Crippen molar-refractivity contribution in [2.45, 2.75) is 60.4 Å². The number of ether oxygens (including phenoxy) is 1. The molecule has 1 atom stereocenters. The van der Waals surface area contributed by atoms with Crippen molar-refractivity contribution in [3.63, 3.8) is 0 Å². The monoisotopic (exact) mass is 559 g/mol. The molecule has 0 aromatic carbocycles. The summed E-state index contributed by atoms with van der Waals surface area (Å²) in [6.45, 7) is 2.21. The first kappa shape index (κ1) is 30.4. The number of rotatable bonds is 11. The Bertz CT molecular complexity index is 707. The van der Waals surface area contributed by atoms with Gasteiger partial charge in [0.1, 0.15) is 0 Å². The second-order valence-electron chi connectivity index (χ2n) is 7.89. The highest BCUT2D eigenvalue weighted by Crippen LogP contribution is 2.60. The highest BCUT2D eigenvalue weighted by atomic mass is 28.2. The highest BCUT2D eigenvalue weighted by Gasteiger charge is 2.90. The van der Waals surface area contributed by atoms with E-state index in [1.165, 1.54) is 0 Å². The zero-order chi connectivity index (χ0) is 26.9. The molecule has 0 spiro atoms. The van der Waals surface area contributed by atoms with Crippen LogP contribution in [0.25, 0.3) is 0 Å². The first-order valence-electron chi connectivity index (χ1n) is 10.0. The van der Waals surface area contributed by atoms with Crippen LogP contribution in [0.2, 0.25) is 12.1 Å². The van der Waals surface area contributed by atoms with Gasteiger partial charge in [-0.15, -0.1) is 0 Å². The number of hydrogen-bond donors (Lipinski definition) is 0. The lowest BCUT2D eigenvalue weighted by atomic mass is 9.90. The van der Waals surface area contributed by atoms with E-state index < -0.39 is 71.0 Å². The summed E-state index contributed by atoms with van der Waals surface area (Å²) in [6, 6.07) is -1.01. The maximum atomic E-state index is 13.8. The molecule has 2 saturated heterocycles. The molecule has 2 rings (SSSR count). The molecule has 19 heteroatoms. The Morgan fingerprint density at radius 3 is 1.86 bits per heavy atom. The van der Waals surface area contributed by atoms with Crippen LogP contribution in [0, 0.1) is 0 Å². The summed E-state index contributed by atoms with van der Waals surface area (Å²) in [5.74, 6) is -36.6. The van der Waals surface area contributed by atoms with Crippen LogP contribution in [0.3, 0.4) is 0 Å². The minimum atomic E-state index is -7.86. The summed E-state index contributed by atoms with van der Waals surface area (Å²) in [5, 5.41) is 0. The van der Waals surface area contributed by atoms with E-state index >= 15 is 0 Å². The van der Waals surface area contributed by atoms with E-state index in [1.807, 2.05) is 4.90 Å². The first-order chi connectivity index (χ1) is 15.8. The van der Waals surface area contributed by atoms with Crippen LogP contribution in [-0.4, -0.2) is 103 Å². The van der Waals surface area contributed by atoms with Gasteiger partial charge in [0, 0.05) is 35.5 Å². The minimum Gasteiger partial charge on any atom is -0.408 e. The SMILES string of the molecule is FC(F)(F)C(F)(F)C(F)(F)C(F)(F)C(F)(F)C(F)(F)CC[Si]CC1COB(CN2CCOCC2)O1. The zero-order valence-electron chi connectivity index (χ0n) is 17.6. The molecule has 0 bridgehead atoms. The molecule has 2 aliphatic rings. The fourth-order valence-electron chi connectivity index (χ4n) is 3.17. The maximum absolute atomic E-state index is 13.8. The van der Waals surface area contributed by atoms with Crippen molar-refractivity contribution in [2.24, 2.45) is 0 Å². The van der Waals surface area contributed by atoms with Gasteiger partial charge in [-0.25, -0.2) is 0 Å². The molecule has 0 aromatic rings. The topological polar surface area (TPSA) is 30.9 Å². The van der Waals surface area contributed by atoms with Crippen LogP contribution in [0.5, 0.6) is 0 Å². The van der Waals surface area contributed by atoms with Gasteiger partial charge >= 0.3 is 42.9 Å². The molecule has 2 heterocycles. The molecule has 1 unspecified atom stereocenters. The fourth-order valence-corrected chi connectivity index (χ4v) is 4.40. The van der Waals surface area contributed by atoms with Crippen LogP contribution in [-0.2, 0) is 14.0 Å². The van der Waals surface area contributed by atoms with E-state index in [1.54, 1.807) is 0 Å². The Morgan fingerprint density at radius 2 is 1.31 bits per heavy atom. The minimum absolute atomic E-state index is 0.00534. The molecule has 204 valence electrons. The lowest BCUT2D eigenvalue weighted by molar-refractivity contribution is -0.439. The summed E-state index contributed by atoms with van der Waals surface area (Å²) < 4.78 is 186. The lowest BCUT2D eigenvalue weighted by Crippen LogP contribution is -2.70. The zero-order valence-corrected chi connectivity index (χ0v) is 18.6. The van der Waals surface area contributed by atoms with Gasteiger partial charge in [0.15, 0.2) is 0 Å². The van der Waals surface area contributed by atoms with Gasteiger partial charge in [0.05, 0.1) is 25.9 Å². The molecule has 0 saturated carbocycles. The lowest BCUT2D eigenvalue weighted by Gasteiger charge is -2.39. The van der Waals surface area contributed by atoms with Crippen LogP contribution in [0.15, 0.2) is 0 Å². The van der Waals surface area contributed by atoms with E-state index in [4.69, 9.17) is 14.0 Å². The van der Waals surface area contributed by atoms with Crippen LogP contribution in [0.1, 0.15) is 6.42 Å². The van der Waals surface area contributed by atoms with Gasteiger partial charge in [-0.1, -0.05) is 6.04 Å². The Kier molecular flexibility index (Phi) is 9.16. The van der Waals surface area contributed by atoms with Gasteiger partial charge in [-0.2, -0.15) is 57.1 Å². The number of nitrogens with zero attached hydrogens (tertiary/aromatic N) is 1. The van der Waals surface area contributed by atoms with Crippen molar-refractivity contribution in [1.82, 2.24) is 4.90 Å². The van der Waals surface area contributed by atoms with Gasteiger partial charge in [-0.05, 0) is 6.04 Å². The molecule has 2 fully saturated rings. The molecular weight excluding hydrogens is 540 g/mol. The Labute approximate surface area is 193 Å². The third-order valence-electron chi connectivity index (χ3n) is 5.31. The molecular formula is C16H19BF13NO3Si.